The minimum Gasteiger partial charge on any atom is -0.508 e. The molecule has 0 saturated carbocycles. The first kappa shape index (κ1) is 72.5. The van der Waals surface area contributed by atoms with Gasteiger partial charge in [-0.15, -0.1) is 0 Å². The summed E-state index contributed by atoms with van der Waals surface area (Å²) < 4.78 is 11.5. The number of unbranched alkanes of at least 4 members (excludes halogenated alkanes) is 6. The van der Waals surface area contributed by atoms with Crippen molar-refractivity contribution in [3.8, 4) is 5.75 Å². The van der Waals surface area contributed by atoms with Crippen LogP contribution in [0.4, 0.5) is 0 Å². The van der Waals surface area contributed by atoms with Gasteiger partial charge in [-0.2, -0.15) is 0 Å². The number of aliphatic hydroxyl groups is 8. The molecule has 2 aliphatic heterocycles. The number of nitrogens with one attached hydrogen (secondary N) is 8. The van der Waals surface area contributed by atoms with Gasteiger partial charge in [0.05, 0.1) is 51.0 Å². The van der Waals surface area contributed by atoms with Crippen molar-refractivity contribution in [3.05, 3.63) is 29.8 Å². The van der Waals surface area contributed by atoms with E-state index in [9.17, 15) is 99.0 Å². The molecule has 480 valence electrons. The summed E-state index contributed by atoms with van der Waals surface area (Å²) in [5.74, 6) is -14.0. The molecule has 0 bridgehead atoms. The molecular weight excluding hydrogens is 1130 g/mol. The van der Waals surface area contributed by atoms with Gasteiger partial charge in [0.15, 0.2) is 12.4 Å². The lowest BCUT2D eigenvalue weighted by Crippen LogP contribution is -2.61. The molecular formula is C52H85N11O22. The number of aliphatic carboxylic acids is 1. The Bertz CT molecular complexity index is 2360. The Kier molecular flexibility index (Phi) is 31.5. The zero-order valence-electron chi connectivity index (χ0n) is 47.1. The Morgan fingerprint density at radius 2 is 1.29 bits per heavy atom. The third-order valence-corrected chi connectivity index (χ3v) is 13.9. The van der Waals surface area contributed by atoms with Gasteiger partial charge in [-0.05, 0) is 49.8 Å². The molecule has 1 aromatic rings. The number of primary amides is 1. The van der Waals surface area contributed by atoms with E-state index in [1.54, 1.807) is 0 Å². The fourth-order valence-electron chi connectivity index (χ4n) is 9.08. The number of rotatable bonds is 24. The van der Waals surface area contributed by atoms with Crippen LogP contribution < -0.4 is 59.7 Å². The van der Waals surface area contributed by atoms with Gasteiger partial charge in [0.2, 0.25) is 53.2 Å². The molecule has 16 atom stereocenters. The molecule has 3 rings (SSSR count). The average Bonchev–Trinajstić information content (AvgIpc) is 3.58. The van der Waals surface area contributed by atoms with Crippen molar-refractivity contribution in [1.82, 2.24) is 42.5 Å². The maximum atomic E-state index is 14.3. The van der Waals surface area contributed by atoms with Crippen molar-refractivity contribution in [3.63, 3.8) is 0 Å². The first-order valence-corrected chi connectivity index (χ1v) is 27.9. The summed E-state index contributed by atoms with van der Waals surface area (Å²) in [4.78, 5) is 134. The highest BCUT2D eigenvalue weighted by atomic mass is 16.7. The molecule has 24 N–H and O–H groups in total. The Balaban J connectivity index is 2.14. The molecule has 0 aromatic heterocycles. The van der Waals surface area contributed by atoms with Gasteiger partial charge < -0.3 is 120 Å². The number of phenolic OH excluding ortho intramolecular Hbond substituents is 1. The van der Waals surface area contributed by atoms with Crippen molar-refractivity contribution in [2.45, 2.75) is 194 Å². The number of ether oxygens (including phenoxy) is 2. The van der Waals surface area contributed by atoms with Gasteiger partial charge in [-0.25, -0.2) is 0 Å². The number of hydrogen-bond donors (Lipinski definition) is 21. The van der Waals surface area contributed by atoms with Crippen LogP contribution in [0.3, 0.4) is 0 Å². The molecule has 0 radical (unpaired) electrons. The van der Waals surface area contributed by atoms with Gasteiger partial charge in [-0.3, -0.25) is 47.9 Å². The van der Waals surface area contributed by atoms with E-state index in [1.807, 2.05) is 10.6 Å². The van der Waals surface area contributed by atoms with Gasteiger partial charge in [-0.1, -0.05) is 64.0 Å². The molecule has 16 unspecified atom stereocenters. The minimum atomic E-state index is -2.52. The van der Waals surface area contributed by atoms with Gasteiger partial charge in [0, 0.05) is 25.0 Å². The summed E-state index contributed by atoms with van der Waals surface area (Å²) in [6.07, 6.45) is -10.7. The zero-order valence-corrected chi connectivity index (χ0v) is 47.1. The van der Waals surface area contributed by atoms with Crippen LogP contribution in [0.25, 0.3) is 0 Å². The molecule has 9 amide bonds. The van der Waals surface area contributed by atoms with Crippen molar-refractivity contribution in [2.24, 2.45) is 17.2 Å². The van der Waals surface area contributed by atoms with E-state index in [4.69, 9.17) is 26.7 Å². The summed E-state index contributed by atoms with van der Waals surface area (Å²) in [6, 6.07) is -10.2. The average molecular weight is 1220 g/mol. The second-order valence-corrected chi connectivity index (χ2v) is 21.0. The van der Waals surface area contributed by atoms with Crippen LogP contribution in [0, 0.1) is 0 Å². The Morgan fingerprint density at radius 1 is 0.706 bits per heavy atom. The number of aromatic hydroxyl groups is 1. The number of benzene rings is 1. The maximum Gasteiger partial charge on any atom is 0.305 e. The number of amides is 9. The van der Waals surface area contributed by atoms with E-state index in [2.05, 4.69) is 38.8 Å². The first-order valence-electron chi connectivity index (χ1n) is 27.9. The van der Waals surface area contributed by atoms with E-state index < -0.39 is 222 Å². The number of carbonyl (C=O) groups excluding carboxylic acids is 9. The predicted octanol–water partition coefficient (Wildman–Crippen LogP) is -8.18. The standard InChI is InChI=1S/C52H85N11O22/c1-2-3-4-5-6-7-8-9-26(53)16-29(67)19-30(85-52-44(76)42(74)35(68)24-84-52)17-27-18-36(69)59-34(23-65)49(81)63-39(41(73)25-10-12-28(66)13-11-25)51(83)60-32(20-38(71)72)48(80)61-33(22-64)47(79)57-21-37(70)56-15-14-31(54)46(78)62-40(50(82)58-27)43(75)45(55)77/h10-13,26-27,29-35,39-44,52,64-68,73-76H,2-9,14-24,53-54H2,1H3,(H2,55,77)(H,56,70)(H,57,79)(H,58,82)(H,59,69)(H,60,83)(H,61,80)(H,62,78)(H,63,81)(H,71,72). The molecule has 2 heterocycles. The van der Waals surface area contributed by atoms with Crippen LogP contribution in [0.5, 0.6) is 5.75 Å². The predicted molar refractivity (Wildman–Crippen MR) is 293 cm³/mol. The lowest BCUT2D eigenvalue weighted by molar-refractivity contribution is -0.285. The van der Waals surface area contributed by atoms with Crippen molar-refractivity contribution in [1.29, 1.82) is 0 Å². The molecule has 33 heteroatoms. The third kappa shape index (κ3) is 25.0. The quantitative estimate of drug-likeness (QED) is 0.0428. The summed E-state index contributed by atoms with van der Waals surface area (Å²) in [6.45, 7) is -2.15. The molecule has 2 aliphatic rings. The molecule has 2 fully saturated rings. The molecule has 2 saturated heterocycles. The van der Waals surface area contributed by atoms with Crippen LogP contribution in [0.2, 0.25) is 0 Å². The maximum absolute atomic E-state index is 14.3. The van der Waals surface area contributed by atoms with Crippen LogP contribution in [0.15, 0.2) is 24.3 Å². The van der Waals surface area contributed by atoms with Crippen molar-refractivity contribution in [2.75, 3.05) is 32.9 Å². The number of hydrogen-bond acceptors (Lipinski definition) is 23. The topological polar surface area (TPSA) is 566 Å². The second kappa shape index (κ2) is 36.9. The molecule has 1 aromatic carbocycles. The largest absolute Gasteiger partial charge is 0.508 e. The van der Waals surface area contributed by atoms with Crippen LogP contribution in [-0.4, -0.2) is 234 Å². The summed E-state index contributed by atoms with van der Waals surface area (Å²) in [7, 11) is 0. The Morgan fingerprint density at radius 3 is 1.92 bits per heavy atom. The summed E-state index contributed by atoms with van der Waals surface area (Å²) in [5, 5.41) is 123. The van der Waals surface area contributed by atoms with Crippen LogP contribution in [-0.2, 0) is 57.4 Å². The van der Waals surface area contributed by atoms with Crippen molar-refractivity contribution < 1.29 is 108 Å². The molecule has 0 spiro atoms. The number of aliphatic hydroxyl groups excluding tert-OH is 8. The highest BCUT2D eigenvalue weighted by Gasteiger charge is 2.42. The highest BCUT2D eigenvalue weighted by molar-refractivity contribution is 5.98. The first-order chi connectivity index (χ1) is 40.2. The smallest absolute Gasteiger partial charge is 0.305 e. The lowest BCUT2D eigenvalue weighted by Gasteiger charge is -2.38. The fraction of sp³-hybridized carbons (Fsp3) is 0.692. The zero-order chi connectivity index (χ0) is 63.5. The van der Waals surface area contributed by atoms with E-state index in [0.29, 0.717) is 6.42 Å². The monoisotopic (exact) mass is 1220 g/mol. The SMILES string of the molecule is CCCCCCCCCC(N)CC(O)CC(CC1CC(=O)NC(CO)C(=O)NC(C(O)c2ccc(O)cc2)C(=O)NC(CC(=O)O)C(=O)NC(CO)C(=O)NCC(=O)NCCC(N)C(=O)NC(C(O)C(N)=O)C(=O)N1)OC1OCC(O)C(O)C1O. The number of carbonyl (C=O) groups is 10. The van der Waals surface area contributed by atoms with E-state index >= 15 is 0 Å². The lowest BCUT2D eigenvalue weighted by atomic mass is 9.95. The van der Waals surface area contributed by atoms with Crippen LogP contribution in [0.1, 0.15) is 108 Å². The summed E-state index contributed by atoms with van der Waals surface area (Å²) in [5.41, 5.74) is 17.6. The normalized spacial score (nSPS) is 27.8. The Hall–Kier alpha value is -6.76. The van der Waals surface area contributed by atoms with E-state index in [-0.39, 0.29) is 17.7 Å². The van der Waals surface area contributed by atoms with E-state index in [0.717, 1.165) is 69.2 Å². The number of nitrogens with two attached hydrogens (primary N) is 3. The van der Waals surface area contributed by atoms with Gasteiger partial charge in [0.1, 0.15) is 60.4 Å². The molecule has 85 heavy (non-hydrogen) atoms. The minimum absolute atomic E-state index is 0.0344. The number of carboxylic acids is 1. The van der Waals surface area contributed by atoms with E-state index in [1.165, 1.54) is 0 Å². The molecule has 0 aliphatic carbocycles. The number of carboxylic acid groups (broad SMARTS) is 1. The van der Waals surface area contributed by atoms with Crippen molar-refractivity contribution >= 4 is 59.1 Å². The Labute approximate surface area is 488 Å². The highest BCUT2D eigenvalue weighted by Crippen LogP contribution is 2.25. The van der Waals surface area contributed by atoms with Gasteiger partial charge in [0.25, 0.3) is 0 Å². The third-order valence-electron chi connectivity index (χ3n) is 13.9. The molecule has 33 nitrogen and oxygen atoms in total. The number of phenols is 1. The van der Waals surface area contributed by atoms with Crippen LogP contribution >= 0.6 is 0 Å². The fourth-order valence-corrected chi connectivity index (χ4v) is 9.08. The summed E-state index contributed by atoms with van der Waals surface area (Å²) >= 11 is 0. The van der Waals surface area contributed by atoms with Gasteiger partial charge >= 0.3 is 5.97 Å². The second-order valence-electron chi connectivity index (χ2n) is 21.0.